The number of benzene rings is 1. The molecule has 6 nitrogen and oxygen atoms in total. The third kappa shape index (κ3) is 5.13. The van der Waals surface area contributed by atoms with Crippen LogP contribution in [0.4, 0.5) is 30.6 Å². The Bertz CT molecular complexity index is 949. The van der Waals surface area contributed by atoms with Crippen molar-refractivity contribution in [2.45, 2.75) is 20.5 Å². The molecule has 0 atom stereocenters. The van der Waals surface area contributed by atoms with E-state index in [1.165, 1.54) is 18.3 Å². The van der Waals surface area contributed by atoms with E-state index in [1.807, 2.05) is 18.7 Å². The van der Waals surface area contributed by atoms with Crippen LogP contribution in [0.2, 0.25) is 0 Å². The van der Waals surface area contributed by atoms with Crippen LogP contribution in [0.3, 0.4) is 0 Å². The molecule has 0 saturated heterocycles. The zero-order valence-corrected chi connectivity index (χ0v) is 15.9. The predicted octanol–water partition coefficient (Wildman–Crippen LogP) is 4.87. The van der Waals surface area contributed by atoms with E-state index in [0.717, 1.165) is 13.1 Å². The Morgan fingerprint density at radius 3 is 2.41 bits per heavy atom. The summed E-state index contributed by atoms with van der Waals surface area (Å²) in [6.07, 6.45) is 2.96. The molecule has 0 aliphatic heterocycles. The van der Waals surface area contributed by atoms with E-state index in [9.17, 15) is 13.2 Å². The molecule has 2 heterocycles. The number of aromatic nitrogens is 3. The quantitative estimate of drug-likeness (QED) is 0.542. The SMILES string of the molecule is CCN(CC)c1nccc(Nc2cc(-c3ccc(OC(F)F)cc3)cnc2F)n1. The smallest absolute Gasteiger partial charge is 0.387 e. The summed E-state index contributed by atoms with van der Waals surface area (Å²) in [5.41, 5.74) is 1.42. The van der Waals surface area contributed by atoms with Crippen molar-refractivity contribution in [3.8, 4) is 16.9 Å². The van der Waals surface area contributed by atoms with Crippen LogP contribution < -0.4 is 15.0 Å². The molecular weight excluding hydrogens is 383 g/mol. The van der Waals surface area contributed by atoms with Crippen LogP contribution >= 0.6 is 0 Å². The molecule has 0 unspecified atom stereocenters. The lowest BCUT2D eigenvalue weighted by Gasteiger charge is -2.19. The number of nitrogens with one attached hydrogen (secondary N) is 1. The zero-order chi connectivity index (χ0) is 20.8. The summed E-state index contributed by atoms with van der Waals surface area (Å²) in [6.45, 7) is 2.60. The number of rotatable bonds is 8. The van der Waals surface area contributed by atoms with E-state index in [0.29, 0.717) is 22.9 Å². The van der Waals surface area contributed by atoms with Crippen LogP contribution in [0.5, 0.6) is 5.75 Å². The maximum atomic E-state index is 14.2. The van der Waals surface area contributed by atoms with Crippen molar-refractivity contribution < 1.29 is 17.9 Å². The van der Waals surface area contributed by atoms with E-state index >= 15 is 0 Å². The minimum Gasteiger partial charge on any atom is -0.435 e. The van der Waals surface area contributed by atoms with E-state index in [-0.39, 0.29) is 11.4 Å². The average molecular weight is 403 g/mol. The number of pyridine rings is 1. The van der Waals surface area contributed by atoms with Gasteiger partial charge in [0.2, 0.25) is 11.9 Å². The molecule has 9 heteroatoms. The molecule has 0 fully saturated rings. The van der Waals surface area contributed by atoms with Gasteiger partial charge in [0.15, 0.2) is 0 Å². The zero-order valence-electron chi connectivity index (χ0n) is 15.9. The minimum absolute atomic E-state index is 0.0436. The van der Waals surface area contributed by atoms with Crippen molar-refractivity contribution >= 4 is 17.5 Å². The van der Waals surface area contributed by atoms with E-state index < -0.39 is 12.6 Å². The highest BCUT2D eigenvalue weighted by Gasteiger charge is 2.11. The van der Waals surface area contributed by atoms with Gasteiger partial charge in [-0.3, -0.25) is 0 Å². The van der Waals surface area contributed by atoms with Gasteiger partial charge < -0.3 is 15.0 Å². The highest BCUT2D eigenvalue weighted by atomic mass is 19.3. The van der Waals surface area contributed by atoms with Gasteiger partial charge >= 0.3 is 6.61 Å². The van der Waals surface area contributed by atoms with Crippen LogP contribution in [-0.4, -0.2) is 34.7 Å². The summed E-state index contributed by atoms with van der Waals surface area (Å²) < 4.78 is 43.1. The lowest BCUT2D eigenvalue weighted by Crippen LogP contribution is -2.24. The second-order valence-corrected chi connectivity index (χ2v) is 6.00. The molecule has 29 heavy (non-hydrogen) atoms. The number of hydrogen-bond donors (Lipinski definition) is 1. The molecule has 0 saturated carbocycles. The molecule has 1 aromatic carbocycles. The number of halogens is 3. The first-order valence-electron chi connectivity index (χ1n) is 9.06. The lowest BCUT2D eigenvalue weighted by molar-refractivity contribution is -0.0498. The number of ether oxygens (including phenoxy) is 1. The van der Waals surface area contributed by atoms with Gasteiger partial charge in [-0.25, -0.2) is 9.97 Å². The summed E-state index contributed by atoms with van der Waals surface area (Å²) in [6, 6.07) is 9.23. The van der Waals surface area contributed by atoms with Gasteiger partial charge in [-0.2, -0.15) is 18.2 Å². The molecular formula is C20H20F3N5O. The summed E-state index contributed by atoms with van der Waals surface area (Å²) in [4.78, 5) is 14.4. The summed E-state index contributed by atoms with van der Waals surface area (Å²) >= 11 is 0. The maximum Gasteiger partial charge on any atom is 0.387 e. The van der Waals surface area contributed by atoms with Crippen LogP contribution in [0.25, 0.3) is 11.1 Å². The Hall–Kier alpha value is -3.36. The topological polar surface area (TPSA) is 63.2 Å². The second-order valence-electron chi connectivity index (χ2n) is 6.00. The van der Waals surface area contributed by atoms with Gasteiger partial charge in [-0.1, -0.05) is 12.1 Å². The van der Waals surface area contributed by atoms with Gasteiger partial charge in [0.25, 0.3) is 0 Å². The fraction of sp³-hybridized carbons (Fsp3) is 0.250. The molecule has 0 spiro atoms. The molecule has 3 aromatic rings. The Labute approximate surface area is 166 Å². The van der Waals surface area contributed by atoms with Crippen LogP contribution in [0.1, 0.15) is 13.8 Å². The maximum absolute atomic E-state index is 14.2. The fourth-order valence-corrected chi connectivity index (χ4v) is 2.74. The van der Waals surface area contributed by atoms with E-state index in [1.54, 1.807) is 30.5 Å². The van der Waals surface area contributed by atoms with Crippen molar-refractivity contribution in [3.63, 3.8) is 0 Å². The molecule has 0 aliphatic carbocycles. The normalized spacial score (nSPS) is 10.8. The Balaban J connectivity index is 1.84. The van der Waals surface area contributed by atoms with E-state index in [4.69, 9.17) is 0 Å². The minimum atomic E-state index is -2.89. The number of nitrogens with zero attached hydrogens (tertiary/aromatic N) is 4. The standard InChI is InChI=1S/C20H20F3N5O/c1-3-28(4-2)20-24-10-9-17(27-20)26-16-11-14(12-25-18(16)21)13-5-7-15(8-6-13)29-19(22)23/h5-12,19H,3-4H2,1-2H3,(H,24,26,27). The number of anilines is 3. The van der Waals surface area contributed by atoms with Crippen molar-refractivity contribution in [1.29, 1.82) is 0 Å². The first-order valence-corrected chi connectivity index (χ1v) is 9.06. The average Bonchev–Trinajstić information content (AvgIpc) is 2.71. The van der Waals surface area contributed by atoms with Gasteiger partial charge in [0.05, 0.1) is 5.69 Å². The van der Waals surface area contributed by atoms with Crippen molar-refractivity contribution in [1.82, 2.24) is 15.0 Å². The first-order chi connectivity index (χ1) is 14.0. The van der Waals surface area contributed by atoms with Gasteiger partial charge in [0, 0.05) is 31.0 Å². The van der Waals surface area contributed by atoms with E-state index in [2.05, 4.69) is 25.0 Å². The van der Waals surface area contributed by atoms with Crippen LogP contribution in [0, 0.1) is 5.95 Å². The largest absolute Gasteiger partial charge is 0.435 e. The second kappa shape index (κ2) is 9.22. The Morgan fingerprint density at radius 2 is 1.76 bits per heavy atom. The van der Waals surface area contributed by atoms with Crippen LogP contribution in [0.15, 0.2) is 48.8 Å². The molecule has 0 aliphatic rings. The summed E-state index contributed by atoms with van der Waals surface area (Å²) in [5.74, 6) is 0.330. The lowest BCUT2D eigenvalue weighted by atomic mass is 10.1. The van der Waals surface area contributed by atoms with Gasteiger partial charge in [0.1, 0.15) is 11.6 Å². The van der Waals surface area contributed by atoms with Gasteiger partial charge in [-0.05, 0) is 43.7 Å². The molecule has 0 radical (unpaired) electrons. The predicted molar refractivity (Wildman–Crippen MR) is 105 cm³/mol. The molecule has 1 N–H and O–H groups in total. The fourth-order valence-electron chi connectivity index (χ4n) is 2.74. The highest BCUT2D eigenvalue weighted by Crippen LogP contribution is 2.27. The molecule has 0 bridgehead atoms. The first kappa shape index (κ1) is 20.4. The summed E-state index contributed by atoms with van der Waals surface area (Å²) in [5, 5.41) is 2.92. The Kier molecular flexibility index (Phi) is 6.48. The summed E-state index contributed by atoms with van der Waals surface area (Å²) in [7, 11) is 0. The highest BCUT2D eigenvalue weighted by molar-refractivity contribution is 5.69. The number of hydrogen-bond acceptors (Lipinski definition) is 6. The van der Waals surface area contributed by atoms with Crippen molar-refractivity contribution in [2.75, 3.05) is 23.3 Å². The molecule has 152 valence electrons. The number of alkyl halides is 2. The van der Waals surface area contributed by atoms with Crippen LogP contribution in [-0.2, 0) is 0 Å². The van der Waals surface area contributed by atoms with Crippen molar-refractivity contribution in [3.05, 3.63) is 54.7 Å². The molecule has 0 amide bonds. The van der Waals surface area contributed by atoms with Gasteiger partial charge in [-0.15, -0.1) is 0 Å². The van der Waals surface area contributed by atoms with Crippen molar-refractivity contribution in [2.24, 2.45) is 0 Å². The molecule has 2 aromatic heterocycles. The third-order valence-corrected chi connectivity index (χ3v) is 4.20. The third-order valence-electron chi connectivity index (χ3n) is 4.20. The molecule has 3 rings (SSSR count). The Morgan fingerprint density at radius 1 is 1.03 bits per heavy atom. The monoisotopic (exact) mass is 403 g/mol.